The third-order valence-electron chi connectivity index (χ3n) is 10.5. The van der Waals surface area contributed by atoms with Crippen LogP contribution >= 0.6 is 7.82 Å². The van der Waals surface area contributed by atoms with Gasteiger partial charge in [0.25, 0.3) is 0 Å². The van der Waals surface area contributed by atoms with Crippen molar-refractivity contribution in [2.24, 2.45) is 0 Å². The molecule has 0 spiro atoms. The molecule has 0 saturated heterocycles. The van der Waals surface area contributed by atoms with Crippen molar-refractivity contribution >= 4 is 19.8 Å². The van der Waals surface area contributed by atoms with Crippen molar-refractivity contribution in [3.05, 3.63) is 72.9 Å². The van der Waals surface area contributed by atoms with Crippen LogP contribution in [0.1, 0.15) is 168 Å². The first kappa shape index (κ1) is 58.3. The molecule has 0 heterocycles. The van der Waals surface area contributed by atoms with Crippen molar-refractivity contribution in [1.29, 1.82) is 0 Å². The molecule has 8 atom stereocenters. The Morgan fingerprint density at radius 2 is 0.857 bits per heavy atom. The fraction of sp³-hybridized carbons (Fsp3) is 0.714. The molecule has 6 N–H and O–H groups in total. The SMILES string of the molecule is CCCCC/C=C\C/C=C\C/C=C\C/C=C\CCCCCC(=O)OC[C@H](COP(=O)(O)OC1C(O)C(O)C(O)[C@@H](O)C1O)OC(=O)CCCCCCC/C=C\C/C=C\CCCCC. The van der Waals surface area contributed by atoms with Gasteiger partial charge in [0.15, 0.2) is 6.10 Å². The molecule has 0 aromatic carbocycles. The second-order valence-electron chi connectivity index (χ2n) is 16.3. The van der Waals surface area contributed by atoms with Gasteiger partial charge in [0, 0.05) is 12.8 Å². The number of rotatable bonds is 38. The van der Waals surface area contributed by atoms with Crippen molar-refractivity contribution in [2.75, 3.05) is 13.2 Å². The Balaban J connectivity index is 2.49. The van der Waals surface area contributed by atoms with Gasteiger partial charge in [-0.15, -0.1) is 0 Å². The van der Waals surface area contributed by atoms with E-state index in [2.05, 4.69) is 86.8 Å². The first-order chi connectivity index (χ1) is 30.4. The fourth-order valence-electron chi connectivity index (χ4n) is 6.65. The lowest BCUT2D eigenvalue weighted by Gasteiger charge is -2.41. The van der Waals surface area contributed by atoms with Crippen LogP contribution in [-0.2, 0) is 32.7 Å². The first-order valence-corrected chi connectivity index (χ1v) is 25.2. The summed E-state index contributed by atoms with van der Waals surface area (Å²) >= 11 is 0. The molecule has 0 aromatic heterocycles. The van der Waals surface area contributed by atoms with E-state index in [4.69, 9.17) is 18.5 Å². The average molecular weight is 911 g/mol. The fourth-order valence-corrected chi connectivity index (χ4v) is 7.62. The normalized spacial score (nSPS) is 22.3. The maximum atomic E-state index is 12.8. The smallest absolute Gasteiger partial charge is 0.462 e. The van der Waals surface area contributed by atoms with Crippen LogP contribution in [0.4, 0.5) is 0 Å². The number of carbonyl (C=O) groups excluding carboxylic acids is 2. The Kier molecular flexibility index (Phi) is 35.7. The molecule has 0 aliphatic heterocycles. The van der Waals surface area contributed by atoms with Crippen LogP contribution in [0.2, 0.25) is 0 Å². The predicted octanol–water partition coefficient (Wildman–Crippen LogP) is 9.50. The Labute approximate surface area is 378 Å². The van der Waals surface area contributed by atoms with Gasteiger partial charge >= 0.3 is 19.8 Å². The topological polar surface area (TPSA) is 210 Å². The molecule has 0 radical (unpaired) electrons. The van der Waals surface area contributed by atoms with E-state index >= 15 is 0 Å². The monoisotopic (exact) mass is 911 g/mol. The van der Waals surface area contributed by atoms with E-state index in [1.807, 2.05) is 0 Å². The van der Waals surface area contributed by atoms with E-state index in [1.54, 1.807) is 0 Å². The third-order valence-corrected chi connectivity index (χ3v) is 11.5. The summed E-state index contributed by atoms with van der Waals surface area (Å²) in [5, 5.41) is 50.2. The van der Waals surface area contributed by atoms with Crippen molar-refractivity contribution in [3.63, 3.8) is 0 Å². The maximum Gasteiger partial charge on any atom is 0.472 e. The average Bonchev–Trinajstić information content (AvgIpc) is 3.26. The van der Waals surface area contributed by atoms with E-state index in [0.29, 0.717) is 12.8 Å². The molecule has 6 unspecified atom stereocenters. The highest BCUT2D eigenvalue weighted by atomic mass is 31.2. The van der Waals surface area contributed by atoms with Gasteiger partial charge in [-0.05, 0) is 89.9 Å². The van der Waals surface area contributed by atoms with Crippen LogP contribution in [0.25, 0.3) is 0 Å². The van der Waals surface area contributed by atoms with Crippen molar-refractivity contribution in [1.82, 2.24) is 0 Å². The largest absolute Gasteiger partial charge is 0.472 e. The van der Waals surface area contributed by atoms with E-state index in [0.717, 1.165) is 89.9 Å². The number of ether oxygens (including phenoxy) is 2. The Hall–Kier alpha value is -2.71. The van der Waals surface area contributed by atoms with E-state index in [1.165, 1.54) is 38.5 Å². The number of allylic oxidation sites excluding steroid dienone is 12. The van der Waals surface area contributed by atoms with Crippen LogP contribution in [0, 0.1) is 0 Å². The highest BCUT2D eigenvalue weighted by Crippen LogP contribution is 2.47. The number of unbranched alkanes of at least 4 members (excludes halogenated alkanes) is 14. The molecule has 1 fully saturated rings. The molecule has 1 saturated carbocycles. The third kappa shape index (κ3) is 31.0. The first-order valence-electron chi connectivity index (χ1n) is 23.7. The van der Waals surface area contributed by atoms with Gasteiger partial charge in [-0.3, -0.25) is 18.6 Å². The number of hydrogen-bond donors (Lipinski definition) is 6. The minimum Gasteiger partial charge on any atom is -0.462 e. The highest BCUT2D eigenvalue weighted by Gasteiger charge is 2.51. The molecule has 362 valence electrons. The molecule has 1 aliphatic rings. The van der Waals surface area contributed by atoms with Crippen LogP contribution in [0.3, 0.4) is 0 Å². The lowest BCUT2D eigenvalue weighted by atomic mass is 9.85. The molecule has 0 bridgehead atoms. The summed E-state index contributed by atoms with van der Waals surface area (Å²) in [5.74, 6) is -1.16. The zero-order valence-corrected chi connectivity index (χ0v) is 39.2. The van der Waals surface area contributed by atoms with Gasteiger partial charge < -0.3 is 39.9 Å². The molecule has 1 aliphatic carbocycles. The number of phosphoric ester groups is 1. The predicted molar refractivity (Wildman–Crippen MR) is 249 cm³/mol. The summed E-state index contributed by atoms with van der Waals surface area (Å²) in [7, 11) is -5.13. The van der Waals surface area contributed by atoms with E-state index in [9.17, 15) is 44.6 Å². The second kappa shape index (κ2) is 38.5. The van der Waals surface area contributed by atoms with Crippen molar-refractivity contribution < 1.29 is 63.1 Å². The molecule has 0 amide bonds. The van der Waals surface area contributed by atoms with Crippen LogP contribution < -0.4 is 0 Å². The summed E-state index contributed by atoms with van der Waals surface area (Å²) in [6.07, 6.45) is 35.2. The van der Waals surface area contributed by atoms with Gasteiger partial charge in [-0.25, -0.2) is 4.57 Å². The van der Waals surface area contributed by atoms with Gasteiger partial charge in [0.2, 0.25) is 0 Å². The summed E-state index contributed by atoms with van der Waals surface area (Å²) in [4.78, 5) is 35.7. The number of hydrogen-bond acceptors (Lipinski definition) is 12. The summed E-state index contributed by atoms with van der Waals surface area (Å²) in [6.45, 7) is 3.20. The van der Waals surface area contributed by atoms with Crippen LogP contribution in [0.15, 0.2) is 72.9 Å². The number of aliphatic hydroxyl groups excluding tert-OH is 5. The van der Waals surface area contributed by atoms with Crippen LogP contribution in [-0.4, -0.2) is 98.3 Å². The lowest BCUT2D eigenvalue weighted by molar-refractivity contribution is -0.220. The molecule has 13 nitrogen and oxygen atoms in total. The molecular weight excluding hydrogens is 827 g/mol. The molecular formula is C49H83O13P. The minimum absolute atomic E-state index is 0.0697. The lowest BCUT2D eigenvalue weighted by Crippen LogP contribution is -2.64. The Morgan fingerprint density at radius 1 is 0.492 bits per heavy atom. The Morgan fingerprint density at radius 3 is 1.32 bits per heavy atom. The van der Waals surface area contributed by atoms with Crippen molar-refractivity contribution in [2.45, 2.75) is 211 Å². The highest BCUT2D eigenvalue weighted by molar-refractivity contribution is 7.47. The second-order valence-corrected chi connectivity index (χ2v) is 17.7. The van der Waals surface area contributed by atoms with Gasteiger partial charge in [0.1, 0.15) is 43.2 Å². The molecule has 14 heteroatoms. The Bertz CT molecular complexity index is 1380. The number of aliphatic hydroxyl groups is 5. The summed E-state index contributed by atoms with van der Waals surface area (Å²) in [5.41, 5.74) is 0. The number of esters is 2. The van der Waals surface area contributed by atoms with Gasteiger partial charge in [-0.2, -0.15) is 0 Å². The molecule has 0 aromatic rings. The maximum absolute atomic E-state index is 12.8. The summed E-state index contributed by atoms with van der Waals surface area (Å²) < 4.78 is 33.5. The molecule has 63 heavy (non-hydrogen) atoms. The molecule has 1 rings (SSSR count). The van der Waals surface area contributed by atoms with Gasteiger partial charge in [-0.1, -0.05) is 138 Å². The number of carbonyl (C=O) groups is 2. The zero-order chi connectivity index (χ0) is 46.4. The van der Waals surface area contributed by atoms with E-state index < -0.39 is 75.7 Å². The number of phosphoric acid groups is 1. The quantitative estimate of drug-likeness (QED) is 0.0148. The van der Waals surface area contributed by atoms with Gasteiger partial charge in [0.05, 0.1) is 6.61 Å². The van der Waals surface area contributed by atoms with E-state index in [-0.39, 0.29) is 12.8 Å². The summed E-state index contributed by atoms with van der Waals surface area (Å²) in [6, 6.07) is 0. The standard InChI is InChI=1S/C49H83O13P/c1-3-5-7-9-11-13-15-17-19-20-21-22-24-25-27-29-31-33-35-37-42(50)59-39-41(40-60-63(57,58)62-49-47(55)45(53)44(52)46(54)48(49)56)61-43(51)38-36-34-32-30-28-26-23-18-16-14-12-10-8-6-4-2/h11-14,17-19,21-23,25,27,41,44-49,52-56H,3-10,15-16,20,24,26,28-40H2,1-2H3,(H,57,58)/b13-11-,14-12-,19-17-,22-21-,23-18-,27-25-/t41-,44?,45-,46?,47?,48?,49?/m1/s1. The van der Waals surface area contributed by atoms with Crippen LogP contribution in [0.5, 0.6) is 0 Å². The zero-order valence-electron chi connectivity index (χ0n) is 38.3. The van der Waals surface area contributed by atoms with Crippen molar-refractivity contribution in [3.8, 4) is 0 Å². The minimum atomic E-state index is -5.13.